The van der Waals surface area contributed by atoms with Crippen LogP contribution < -0.4 is 4.90 Å². The number of piperazine rings is 1. The molecule has 3 heterocycles. The number of amides is 1. The second-order valence-corrected chi connectivity index (χ2v) is 6.99. The van der Waals surface area contributed by atoms with Crippen LogP contribution in [0.4, 0.5) is 5.69 Å². The van der Waals surface area contributed by atoms with Gasteiger partial charge in [0.05, 0.1) is 11.6 Å². The summed E-state index contributed by atoms with van der Waals surface area (Å²) in [7, 11) is 1.96. The molecule has 6 nitrogen and oxygen atoms in total. The topological polar surface area (TPSA) is 44.6 Å². The standard InChI is InChI=1S/C19H25N5O/c1-21-18(7-8-20-21)15-22-13-16(14-22)19(25)24-11-9-23(10-12-24)17-5-3-2-4-6-17/h2-8,16H,9-15H2,1H3. The van der Waals surface area contributed by atoms with E-state index in [2.05, 4.69) is 39.2 Å². The minimum Gasteiger partial charge on any atom is -0.368 e. The number of aryl methyl sites for hydroxylation is 1. The van der Waals surface area contributed by atoms with Gasteiger partial charge >= 0.3 is 0 Å². The Morgan fingerprint density at radius 3 is 2.44 bits per heavy atom. The first-order valence-electron chi connectivity index (χ1n) is 8.99. The van der Waals surface area contributed by atoms with Crippen molar-refractivity contribution in [1.82, 2.24) is 19.6 Å². The molecule has 25 heavy (non-hydrogen) atoms. The number of anilines is 1. The van der Waals surface area contributed by atoms with Crippen molar-refractivity contribution in [3.05, 3.63) is 48.3 Å². The molecule has 4 rings (SSSR count). The lowest BCUT2D eigenvalue weighted by Crippen LogP contribution is -2.57. The van der Waals surface area contributed by atoms with E-state index in [0.29, 0.717) is 5.91 Å². The van der Waals surface area contributed by atoms with Gasteiger partial charge in [-0.25, -0.2) is 0 Å². The van der Waals surface area contributed by atoms with Crippen LogP contribution in [0.25, 0.3) is 0 Å². The van der Waals surface area contributed by atoms with Crippen LogP contribution >= 0.6 is 0 Å². The van der Waals surface area contributed by atoms with Crippen molar-refractivity contribution in [2.24, 2.45) is 13.0 Å². The second kappa shape index (κ2) is 6.88. The highest BCUT2D eigenvalue weighted by atomic mass is 16.2. The fourth-order valence-corrected chi connectivity index (χ4v) is 3.72. The Bertz CT molecular complexity index is 714. The van der Waals surface area contributed by atoms with Gasteiger partial charge in [-0.05, 0) is 18.2 Å². The normalized spacial score (nSPS) is 19.1. The van der Waals surface area contributed by atoms with Gasteiger partial charge in [-0.1, -0.05) is 18.2 Å². The number of benzene rings is 1. The maximum Gasteiger partial charge on any atom is 0.228 e. The molecule has 0 unspecified atom stereocenters. The van der Waals surface area contributed by atoms with Crippen LogP contribution in [0.3, 0.4) is 0 Å². The molecule has 2 aromatic rings. The largest absolute Gasteiger partial charge is 0.368 e. The SMILES string of the molecule is Cn1nccc1CN1CC(C(=O)N2CCN(c3ccccc3)CC2)C1. The van der Waals surface area contributed by atoms with E-state index in [4.69, 9.17) is 0 Å². The van der Waals surface area contributed by atoms with Gasteiger partial charge in [0, 0.05) is 64.7 Å². The van der Waals surface area contributed by atoms with E-state index in [1.54, 1.807) is 0 Å². The number of nitrogens with zero attached hydrogens (tertiary/aromatic N) is 5. The lowest BCUT2D eigenvalue weighted by Gasteiger charge is -2.43. The van der Waals surface area contributed by atoms with Gasteiger partial charge < -0.3 is 9.80 Å². The summed E-state index contributed by atoms with van der Waals surface area (Å²) in [6, 6.07) is 12.5. The van der Waals surface area contributed by atoms with Crippen LogP contribution in [-0.4, -0.2) is 64.8 Å². The summed E-state index contributed by atoms with van der Waals surface area (Å²) >= 11 is 0. The number of para-hydroxylation sites is 1. The molecular weight excluding hydrogens is 314 g/mol. The molecule has 0 saturated carbocycles. The molecule has 6 heteroatoms. The zero-order chi connectivity index (χ0) is 17.2. The van der Waals surface area contributed by atoms with E-state index in [9.17, 15) is 4.79 Å². The Hall–Kier alpha value is -2.34. The van der Waals surface area contributed by atoms with Gasteiger partial charge in [0.2, 0.25) is 5.91 Å². The van der Waals surface area contributed by atoms with Gasteiger partial charge in [-0.3, -0.25) is 14.4 Å². The average Bonchev–Trinajstić information content (AvgIpc) is 3.03. The molecule has 132 valence electrons. The molecule has 2 fully saturated rings. The zero-order valence-corrected chi connectivity index (χ0v) is 14.7. The Morgan fingerprint density at radius 1 is 1.08 bits per heavy atom. The maximum absolute atomic E-state index is 12.7. The number of rotatable bonds is 4. The van der Waals surface area contributed by atoms with Gasteiger partial charge in [-0.2, -0.15) is 5.10 Å². The molecule has 0 aliphatic carbocycles. The lowest BCUT2D eigenvalue weighted by atomic mass is 9.97. The van der Waals surface area contributed by atoms with Gasteiger partial charge in [0.15, 0.2) is 0 Å². The van der Waals surface area contributed by atoms with E-state index in [0.717, 1.165) is 45.8 Å². The monoisotopic (exact) mass is 339 g/mol. The van der Waals surface area contributed by atoms with Crippen molar-refractivity contribution in [1.29, 1.82) is 0 Å². The third-order valence-corrected chi connectivity index (χ3v) is 5.33. The van der Waals surface area contributed by atoms with E-state index >= 15 is 0 Å². The van der Waals surface area contributed by atoms with Crippen molar-refractivity contribution in [3.8, 4) is 0 Å². The molecule has 1 aromatic heterocycles. The predicted molar refractivity (Wildman–Crippen MR) is 97.2 cm³/mol. The zero-order valence-electron chi connectivity index (χ0n) is 14.7. The fraction of sp³-hybridized carbons (Fsp3) is 0.474. The molecule has 2 saturated heterocycles. The van der Waals surface area contributed by atoms with Crippen LogP contribution in [-0.2, 0) is 18.4 Å². The highest BCUT2D eigenvalue weighted by Crippen LogP contribution is 2.22. The van der Waals surface area contributed by atoms with Crippen LogP contribution in [0, 0.1) is 5.92 Å². The number of likely N-dealkylation sites (tertiary alicyclic amines) is 1. The van der Waals surface area contributed by atoms with E-state index in [1.807, 2.05) is 35.0 Å². The lowest BCUT2D eigenvalue weighted by molar-refractivity contribution is -0.141. The third kappa shape index (κ3) is 3.39. The smallest absolute Gasteiger partial charge is 0.228 e. The molecule has 1 amide bonds. The molecule has 0 N–H and O–H groups in total. The first-order chi connectivity index (χ1) is 12.2. The number of carbonyl (C=O) groups is 1. The second-order valence-electron chi connectivity index (χ2n) is 6.99. The first kappa shape index (κ1) is 16.1. The van der Waals surface area contributed by atoms with E-state index in [-0.39, 0.29) is 5.92 Å². The van der Waals surface area contributed by atoms with Crippen LogP contribution in [0.1, 0.15) is 5.69 Å². The molecule has 0 spiro atoms. The Morgan fingerprint density at radius 2 is 1.80 bits per heavy atom. The molecule has 0 atom stereocenters. The number of aromatic nitrogens is 2. The molecular formula is C19H25N5O. The van der Waals surface area contributed by atoms with Crippen molar-refractivity contribution in [3.63, 3.8) is 0 Å². The Balaban J connectivity index is 1.24. The van der Waals surface area contributed by atoms with Gasteiger partial charge in [0.25, 0.3) is 0 Å². The van der Waals surface area contributed by atoms with Crippen LogP contribution in [0.15, 0.2) is 42.6 Å². The summed E-state index contributed by atoms with van der Waals surface area (Å²) < 4.78 is 1.90. The Kier molecular flexibility index (Phi) is 4.44. The van der Waals surface area contributed by atoms with Crippen LogP contribution in [0.2, 0.25) is 0 Å². The summed E-state index contributed by atoms with van der Waals surface area (Å²) in [4.78, 5) is 19.4. The van der Waals surface area contributed by atoms with Gasteiger partial charge in [0.1, 0.15) is 0 Å². The number of carbonyl (C=O) groups excluding carboxylic acids is 1. The third-order valence-electron chi connectivity index (χ3n) is 5.33. The maximum atomic E-state index is 12.7. The molecule has 0 radical (unpaired) electrons. The quantitative estimate of drug-likeness (QED) is 0.840. The van der Waals surface area contributed by atoms with Crippen molar-refractivity contribution < 1.29 is 4.79 Å². The van der Waals surface area contributed by atoms with Crippen molar-refractivity contribution in [2.75, 3.05) is 44.2 Å². The number of hydrogen-bond donors (Lipinski definition) is 0. The minimum atomic E-state index is 0.163. The van der Waals surface area contributed by atoms with E-state index < -0.39 is 0 Å². The molecule has 0 bridgehead atoms. The molecule has 2 aliphatic rings. The summed E-state index contributed by atoms with van der Waals surface area (Å²) in [5.41, 5.74) is 2.45. The Labute approximate surface area is 148 Å². The van der Waals surface area contributed by atoms with Crippen molar-refractivity contribution in [2.45, 2.75) is 6.54 Å². The van der Waals surface area contributed by atoms with Crippen molar-refractivity contribution >= 4 is 11.6 Å². The summed E-state index contributed by atoms with van der Waals surface area (Å²) in [5, 5.41) is 4.20. The molecule has 1 aromatic carbocycles. The highest BCUT2D eigenvalue weighted by molar-refractivity contribution is 5.80. The fourth-order valence-electron chi connectivity index (χ4n) is 3.72. The minimum absolute atomic E-state index is 0.163. The average molecular weight is 339 g/mol. The van der Waals surface area contributed by atoms with Crippen LogP contribution in [0.5, 0.6) is 0 Å². The highest BCUT2D eigenvalue weighted by Gasteiger charge is 2.36. The van der Waals surface area contributed by atoms with E-state index in [1.165, 1.54) is 11.4 Å². The molecule has 2 aliphatic heterocycles. The first-order valence-corrected chi connectivity index (χ1v) is 8.99. The summed E-state index contributed by atoms with van der Waals surface area (Å²) in [6.07, 6.45) is 1.82. The summed E-state index contributed by atoms with van der Waals surface area (Å²) in [5.74, 6) is 0.491. The number of hydrogen-bond acceptors (Lipinski definition) is 4. The predicted octanol–water partition coefficient (Wildman–Crippen LogP) is 1.20. The summed E-state index contributed by atoms with van der Waals surface area (Å²) in [6.45, 7) is 6.09. The van der Waals surface area contributed by atoms with Gasteiger partial charge in [-0.15, -0.1) is 0 Å².